The van der Waals surface area contributed by atoms with E-state index >= 15 is 0 Å². The molecule has 0 bridgehead atoms. The second kappa shape index (κ2) is 7.48. The number of hydrogen-bond acceptors (Lipinski definition) is 2. The van der Waals surface area contributed by atoms with Crippen molar-refractivity contribution in [3.8, 4) is 0 Å². The van der Waals surface area contributed by atoms with Crippen LogP contribution in [0.3, 0.4) is 0 Å². The normalized spacial score (nSPS) is 12.4. The first kappa shape index (κ1) is 15.9. The lowest BCUT2D eigenvalue weighted by atomic mass is 10.0. The van der Waals surface area contributed by atoms with E-state index in [1.807, 2.05) is 12.1 Å². The smallest absolute Gasteiger partial charge is 0.0511 e. The van der Waals surface area contributed by atoms with Gasteiger partial charge < -0.3 is 10.2 Å². The fraction of sp³-hybridized carbons (Fsp3) is 0.333. The SMILES string of the molecule is CCC(Nc1ccccc1CN(C)C)c1ccc(Cl)cc1. The average Bonchev–Trinajstić information content (AvgIpc) is 2.47. The van der Waals surface area contributed by atoms with Gasteiger partial charge in [0.25, 0.3) is 0 Å². The Kier molecular flexibility index (Phi) is 5.66. The molecule has 0 fully saturated rings. The average molecular weight is 303 g/mol. The summed E-state index contributed by atoms with van der Waals surface area (Å²) in [5.74, 6) is 0. The standard InChI is InChI=1S/C18H23ClN2/c1-4-17(14-9-11-16(19)12-10-14)20-18-8-6-5-7-15(18)13-21(2)3/h5-12,17,20H,4,13H2,1-3H3. The van der Waals surface area contributed by atoms with Crippen LogP contribution in [0.1, 0.15) is 30.5 Å². The van der Waals surface area contributed by atoms with E-state index in [1.165, 1.54) is 16.8 Å². The molecule has 0 saturated heterocycles. The molecule has 1 N–H and O–H groups in total. The number of anilines is 1. The van der Waals surface area contributed by atoms with Gasteiger partial charge >= 0.3 is 0 Å². The Balaban J connectivity index is 2.20. The van der Waals surface area contributed by atoms with Gasteiger partial charge in [-0.25, -0.2) is 0 Å². The first-order valence-corrected chi connectivity index (χ1v) is 7.72. The summed E-state index contributed by atoms with van der Waals surface area (Å²) in [6.45, 7) is 3.13. The summed E-state index contributed by atoms with van der Waals surface area (Å²) in [7, 11) is 4.18. The van der Waals surface area contributed by atoms with Gasteiger partial charge in [-0.15, -0.1) is 0 Å². The van der Waals surface area contributed by atoms with Gasteiger partial charge in [-0.1, -0.05) is 48.9 Å². The molecule has 0 saturated carbocycles. The molecule has 2 aromatic rings. The Morgan fingerprint density at radius 2 is 1.71 bits per heavy atom. The van der Waals surface area contributed by atoms with Gasteiger partial charge in [-0.2, -0.15) is 0 Å². The van der Waals surface area contributed by atoms with Crippen LogP contribution in [0, 0.1) is 0 Å². The Hall–Kier alpha value is -1.51. The quantitative estimate of drug-likeness (QED) is 0.811. The van der Waals surface area contributed by atoms with E-state index in [1.54, 1.807) is 0 Å². The van der Waals surface area contributed by atoms with Crippen LogP contribution in [0.15, 0.2) is 48.5 Å². The highest BCUT2D eigenvalue weighted by Crippen LogP contribution is 2.26. The van der Waals surface area contributed by atoms with Crippen molar-refractivity contribution in [2.24, 2.45) is 0 Å². The minimum Gasteiger partial charge on any atom is -0.378 e. The van der Waals surface area contributed by atoms with Crippen molar-refractivity contribution >= 4 is 17.3 Å². The van der Waals surface area contributed by atoms with E-state index in [0.717, 1.165) is 18.0 Å². The molecule has 112 valence electrons. The van der Waals surface area contributed by atoms with Crippen LogP contribution < -0.4 is 5.32 Å². The van der Waals surface area contributed by atoms with Crippen LogP contribution in [0.5, 0.6) is 0 Å². The van der Waals surface area contributed by atoms with Crippen molar-refractivity contribution in [1.29, 1.82) is 0 Å². The minimum atomic E-state index is 0.297. The van der Waals surface area contributed by atoms with Crippen molar-refractivity contribution in [3.05, 3.63) is 64.7 Å². The predicted octanol–water partition coefficient (Wildman–Crippen LogP) is 4.96. The summed E-state index contributed by atoms with van der Waals surface area (Å²) in [6, 6.07) is 16.9. The molecule has 0 heterocycles. The van der Waals surface area contributed by atoms with Crippen molar-refractivity contribution in [2.75, 3.05) is 19.4 Å². The Morgan fingerprint density at radius 1 is 1.05 bits per heavy atom. The molecule has 3 heteroatoms. The molecule has 21 heavy (non-hydrogen) atoms. The molecule has 0 radical (unpaired) electrons. The first-order valence-electron chi connectivity index (χ1n) is 7.34. The van der Waals surface area contributed by atoms with Crippen LogP contribution in [0.4, 0.5) is 5.69 Å². The number of para-hydroxylation sites is 1. The number of rotatable bonds is 6. The van der Waals surface area contributed by atoms with Gasteiger partial charge in [-0.05, 0) is 49.8 Å². The topological polar surface area (TPSA) is 15.3 Å². The molecule has 0 amide bonds. The van der Waals surface area contributed by atoms with Crippen molar-refractivity contribution in [2.45, 2.75) is 25.9 Å². The molecule has 0 aliphatic heterocycles. The molecule has 2 aromatic carbocycles. The molecule has 0 aromatic heterocycles. The molecule has 0 aliphatic rings. The van der Waals surface area contributed by atoms with Gasteiger partial charge in [0.05, 0.1) is 6.04 Å². The van der Waals surface area contributed by atoms with Crippen LogP contribution in [-0.2, 0) is 6.54 Å². The third kappa shape index (κ3) is 4.48. The molecular formula is C18H23ClN2. The van der Waals surface area contributed by atoms with E-state index in [4.69, 9.17) is 11.6 Å². The number of nitrogens with one attached hydrogen (secondary N) is 1. The third-order valence-corrected chi connectivity index (χ3v) is 3.77. The molecule has 1 unspecified atom stereocenters. The summed E-state index contributed by atoms with van der Waals surface area (Å²) >= 11 is 5.98. The van der Waals surface area contributed by atoms with E-state index in [2.05, 4.69) is 67.6 Å². The number of hydrogen-bond donors (Lipinski definition) is 1. The fourth-order valence-electron chi connectivity index (χ4n) is 2.44. The number of benzene rings is 2. The maximum atomic E-state index is 5.98. The monoisotopic (exact) mass is 302 g/mol. The first-order chi connectivity index (χ1) is 10.1. The Bertz CT molecular complexity index is 564. The Labute approximate surface area is 132 Å². The van der Waals surface area contributed by atoms with Crippen molar-refractivity contribution in [1.82, 2.24) is 4.90 Å². The lowest BCUT2D eigenvalue weighted by Gasteiger charge is -2.22. The summed E-state index contributed by atoms with van der Waals surface area (Å²) < 4.78 is 0. The van der Waals surface area contributed by atoms with Crippen LogP contribution >= 0.6 is 11.6 Å². The second-order valence-corrected chi connectivity index (χ2v) is 5.99. The summed E-state index contributed by atoms with van der Waals surface area (Å²) in [5, 5.41) is 4.45. The van der Waals surface area contributed by atoms with Crippen molar-refractivity contribution in [3.63, 3.8) is 0 Å². The lowest BCUT2D eigenvalue weighted by molar-refractivity contribution is 0.403. The minimum absolute atomic E-state index is 0.297. The highest BCUT2D eigenvalue weighted by molar-refractivity contribution is 6.30. The highest BCUT2D eigenvalue weighted by atomic mass is 35.5. The fourth-order valence-corrected chi connectivity index (χ4v) is 2.57. The zero-order valence-electron chi connectivity index (χ0n) is 12.9. The summed E-state index contributed by atoms with van der Waals surface area (Å²) in [4.78, 5) is 2.18. The predicted molar refractivity (Wildman–Crippen MR) is 91.9 cm³/mol. The van der Waals surface area contributed by atoms with E-state index in [-0.39, 0.29) is 0 Å². The van der Waals surface area contributed by atoms with Crippen LogP contribution in [0.25, 0.3) is 0 Å². The molecule has 2 rings (SSSR count). The highest BCUT2D eigenvalue weighted by Gasteiger charge is 2.11. The van der Waals surface area contributed by atoms with Crippen molar-refractivity contribution < 1.29 is 0 Å². The molecule has 0 aliphatic carbocycles. The molecule has 0 spiro atoms. The maximum absolute atomic E-state index is 5.98. The molecule has 1 atom stereocenters. The van der Waals surface area contributed by atoms with E-state index < -0.39 is 0 Å². The van der Waals surface area contributed by atoms with Crippen LogP contribution in [0.2, 0.25) is 5.02 Å². The van der Waals surface area contributed by atoms with Gasteiger partial charge in [0, 0.05) is 17.3 Å². The van der Waals surface area contributed by atoms with E-state index in [9.17, 15) is 0 Å². The van der Waals surface area contributed by atoms with E-state index in [0.29, 0.717) is 6.04 Å². The number of nitrogens with zero attached hydrogens (tertiary/aromatic N) is 1. The van der Waals surface area contributed by atoms with Crippen LogP contribution in [-0.4, -0.2) is 19.0 Å². The molecular weight excluding hydrogens is 280 g/mol. The molecule has 2 nitrogen and oxygen atoms in total. The summed E-state index contributed by atoms with van der Waals surface area (Å²) in [6.07, 6.45) is 1.03. The zero-order chi connectivity index (χ0) is 15.2. The number of halogens is 1. The third-order valence-electron chi connectivity index (χ3n) is 3.51. The van der Waals surface area contributed by atoms with Gasteiger partial charge in [-0.3, -0.25) is 0 Å². The Morgan fingerprint density at radius 3 is 2.33 bits per heavy atom. The van der Waals surface area contributed by atoms with Gasteiger partial charge in [0.1, 0.15) is 0 Å². The van der Waals surface area contributed by atoms with Gasteiger partial charge in [0.2, 0.25) is 0 Å². The zero-order valence-corrected chi connectivity index (χ0v) is 13.7. The largest absolute Gasteiger partial charge is 0.378 e. The van der Waals surface area contributed by atoms with Gasteiger partial charge in [0.15, 0.2) is 0 Å². The lowest BCUT2D eigenvalue weighted by Crippen LogP contribution is -2.15. The second-order valence-electron chi connectivity index (χ2n) is 5.55. The maximum Gasteiger partial charge on any atom is 0.0511 e. The summed E-state index contributed by atoms with van der Waals surface area (Å²) in [5.41, 5.74) is 3.78.